The summed E-state index contributed by atoms with van der Waals surface area (Å²) < 4.78 is 27.6. The highest BCUT2D eigenvalue weighted by molar-refractivity contribution is 7.89. The monoisotopic (exact) mass is 505 g/mol. The van der Waals surface area contributed by atoms with Crippen molar-refractivity contribution in [3.05, 3.63) is 60.2 Å². The smallest absolute Gasteiger partial charge is 0.326 e. The van der Waals surface area contributed by atoms with E-state index in [4.69, 9.17) is 4.84 Å². The van der Waals surface area contributed by atoms with Gasteiger partial charge in [-0.05, 0) is 49.6 Å². The Morgan fingerprint density at radius 1 is 0.886 bits per heavy atom. The first-order chi connectivity index (χ1) is 16.7. The summed E-state index contributed by atoms with van der Waals surface area (Å²) in [5, 5.41) is 12.2. The summed E-state index contributed by atoms with van der Waals surface area (Å²) in [6, 6.07) is 12.1. The van der Waals surface area contributed by atoms with Gasteiger partial charge in [0.1, 0.15) is 6.04 Å². The number of hydrogen-bond acceptors (Lipinski definition) is 6. The zero-order valence-electron chi connectivity index (χ0n) is 19.5. The molecule has 0 radical (unpaired) electrons. The molecule has 4 N–H and O–H groups in total. The van der Waals surface area contributed by atoms with Gasteiger partial charge < -0.3 is 10.4 Å². The predicted octanol–water partition coefficient (Wildman–Crippen LogP) is 3.14. The molecule has 35 heavy (non-hydrogen) atoms. The second-order valence-corrected chi connectivity index (χ2v) is 9.46. The Hall–Kier alpha value is -3.28. The van der Waals surface area contributed by atoms with Crippen LogP contribution in [0.25, 0.3) is 0 Å². The zero-order valence-corrected chi connectivity index (χ0v) is 20.3. The van der Waals surface area contributed by atoms with Crippen molar-refractivity contribution >= 4 is 33.5 Å². The first-order valence-corrected chi connectivity index (χ1v) is 12.8. The third-order valence-corrected chi connectivity index (χ3v) is 6.43. The Balaban J connectivity index is 1.80. The van der Waals surface area contributed by atoms with Gasteiger partial charge in [-0.2, -0.15) is 4.72 Å². The van der Waals surface area contributed by atoms with Gasteiger partial charge >= 0.3 is 5.97 Å². The molecule has 2 aromatic rings. The van der Waals surface area contributed by atoms with Crippen LogP contribution in [-0.4, -0.2) is 37.9 Å². The molecule has 10 nitrogen and oxygen atoms in total. The van der Waals surface area contributed by atoms with Crippen molar-refractivity contribution in [2.45, 2.75) is 56.4 Å². The maximum Gasteiger partial charge on any atom is 0.326 e. The number of carboxylic acids is 1. The number of benzene rings is 2. The highest BCUT2D eigenvalue weighted by Crippen LogP contribution is 2.19. The van der Waals surface area contributed by atoms with E-state index in [1.54, 1.807) is 25.1 Å². The third kappa shape index (κ3) is 9.85. The van der Waals surface area contributed by atoms with Gasteiger partial charge in [0.15, 0.2) is 0 Å². The molecule has 0 fully saturated rings. The summed E-state index contributed by atoms with van der Waals surface area (Å²) in [5.41, 5.74) is 3.07. The van der Waals surface area contributed by atoms with Crippen LogP contribution in [0.3, 0.4) is 0 Å². The van der Waals surface area contributed by atoms with E-state index in [2.05, 4.69) is 15.5 Å². The molecular formula is C24H31N3O7S. The number of anilines is 1. The van der Waals surface area contributed by atoms with Crippen LogP contribution in [0.2, 0.25) is 0 Å². The molecule has 2 rings (SSSR count). The highest BCUT2D eigenvalue weighted by atomic mass is 32.2. The summed E-state index contributed by atoms with van der Waals surface area (Å²) >= 11 is 0. The highest BCUT2D eigenvalue weighted by Gasteiger charge is 2.26. The number of unbranched alkanes of at least 4 members (excludes halogenated alkanes) is 3. The molecule has 2 aromatic carbocycles. The summed E-state index contributed by atoms with van der Waals surface area (Å²) in [7, 11) is -4.11. The van der Waals surface area contributed by atoms with Crippen LogP contribution in [0.4, 0.5) is 5.69 Å². The van der Waals surface area contributed by atoms with E-state index in [-0.39, 0.29) is 16.7 Å². The summed E-state index contributed by atoms with van der Waals surface area (Å²) in [6.07, 6.45) is 3.64. The fraction of sp³-hybridized carbons (Fsp3) is 0.375. The molecule has 190 valence electrons. The summed E-state index contributed by atoms with van der Waals surface area (Å²) in [4.78, 5) is 39.9. The summed E-state index contributed by atoms with van der Waals surface area (Å²) in [6.45, 7) is 2.19. The average Bonchev–Trinajstić information content (AvgIpc) is 2.84. The number of carbonyl (C=O) groups is 3. The molecule has 2 amide bonds. The lowest BCUT2D eigenvalue weighted by atomic mass is 10.1. The van der Waals surface area contributed by atoms with Gasteiger partial charge in [-0.1, -0.05) is 43.2 Å². The average molecular weight is 506 g/mol. The molecule has 0 aliphatic rings. The van der Waals surface area contributed by atoms with Crippen LogP contribution in [0.15, 0.2) is 59.5 Å². The van der Waals surface area contributed by atoms with E-state index in [1.165, 1.54) is 36.4 Å². The van der Waals surface area contributed by atoms with Crippen LogP contribution >= 0.6 is 0 Å². The number of aliphatic carboxylic acids is 1. The fourth-order valence-corrected chi connectivity index (χ4v) is 4.38. The van der Waals surface area contributed by atoms with E-state index in [9.17, 15) is 27.9 Å². The minimum atomic E-state index is -4.11. The fourth-order valence-electron chi connectivity index (χ4n) is 3.20. The molecule has 1 atom stereocenters. The molecule has 0 aliphatic heterocycles. The standard InChI is InChI=1S/C24H31N3O7S/c1-2-34-26-22(29)13-9-4-3-8-12-21(28)25-19-14-16-20(17-15-19)35(32,33)27-23(24(30)31)18-10-6-5-7-11-18/h5-7,10-11,14-17,23,27H,2-4,8-9,12-13H2,1H3,(H,25,28)(H,26,29)(H,30,31)/t23-/m0/s1. The van der Waals surface area contributed by atoms with E-state index in [0.717, 1.165) is 12.8 Å². The number of amides is 2. The molecule has 0 unspecified atom stereocenters. The van der Waals surface area contributed by atoms with Crippen LogP contribution in [0, 0.1) is 0 Å². The molecule has 0 spiro atoms. The number of hydroxylamine groups is 1. The number of nitrogens with one attached hydrogen (secondary N) is 3. The third-order valence-electron chi connectivity index (χ3n) is 4.99. The van der Waals surface area contributed by atoms with Crippen molar-refractivity contribution in [2.24, 2.45) is 0 Å². The maximum atomic E-state index is 12.7. The second kappa shape index (κ2) is 14.2. The van der Waals surface area contributed by atoms with Gasteiger partial charge in [0.25, 0.3) is 0 Å². The molecule has 0 saturated carbocycles. The SMILES string of the molecule is CCONC(=O)CCCCCCC(=O)Nc1ccc(S(=O)(=O)N[C@H](C(=O)O)c2ccccc2)cc1. The Morgan fingerprint density at radius 3 is 2.06 bits per heavy atom. The van der Waals surface area contributed by atoms with Gasteiger partial charge in [0, 0.05) is 18.5 Å². The minimum Gasteiger partial charge on any atom is -0.480 e. The normalized spacial score (nSPS) is 12.0. The minimum absolute atomic E-state index is 0.119. The molecule has 0 aliphatic carbocycles. The Labute approximate surface area is 205 Å². The van der Waals surface area contributed by atoms with Gasteiger partial charge in [-0.25, -0.2) is 13.9 Å². The largest absolute Gasteiger partial charge is 0.480 e. The lowest BCUT2D eigenvalue weighted by Gasteiger charge is -2.15. The molecule has 0 bridgehead atoms. The van der Waals surface area contributed by atoms with E-state index in [0.29, 0.717) is 43.5 Å². The van der Waals surface area contributed by atoms with Crippen molar-refractivity contribution in [3.8, 4) is 0 Å². The molecule has 0 saturated heterocycles. The van der Waals surface area contributed by atoms with Crippen LogP contribution in [0.5, 0.6) is 0 Å². The van der Waals surface area contributed by atoms with Crippen LogP contribution in [0.1, 0.15) is 57.1 Å². The van der Waals surface area contributed by atoms with Crippen molar-refractivity contribution in [1.29, 1.82) is 0 Å². The van der Waals surface area contributed by atoms with Crippen molar-refractivity contribution < 1.29 is 32.7 Å². The first-order valence-electron chi connectivity index (χ1n) is 11.3. The van der Waals surface area contributed by atoms with Gasteiger partial charge in [-0.15, -0.1) is 0 Å². The molecule has 0 heterocycles. The number of rotatable bonds is 15. The lowest BCUT2D eigenvalue weighted by Crippen LogP contribution is -2.33. The number of sulfonamides is 1. The zero-order chi connectivity index (χ0) is 25.7. The summed E-state index contributed by atoms with van der Waals surface area (Å²) in [5.74, 6) is -1.69. The second-order valence-electron chi connectivity index (χ2n) is 7.75. The van der Waals surface area contributed by atoms with E-state index in [1.807, 2.05) is 0 Å². The van der Waals surface area contributed by atoms with Crippen molar-refractivity contribution in [3.63, 3.8) is 0 Å². The predicted molar refractivity (Wildman–Crippen MR) is 130 cm³/mol. The van der Waals surface area contributed by atoms with Crippen LogP contribution in [-0.2, 0) is 29.2 Å². The maximum absolute atomic E-state index is 12.7. The Morgan fingerprint density at radius 2 is 1.49 bits per heavy atom. The van der Waals surface area contributed by atoms with Crippen molar-refractivity contribution in [2.75, 3.05) is 11.9 Å². The number of hydrogen-bond donors (Lipinski definition) is 4. The molecule has 11 heteroatoms. The van der Waals surface area contributed by atoms with E-state index >= 15 is 0 Å². The van der Waals surface area contributed by atoms with Gasteiger partial charge in [-0.3, -0.25) is 19.2 Å². The number of carbonyl (C=O) groups excluding carboxylic acids is 2. The Bertz CT molecular complexity index is 1070. The molecule has 0 aromatic heterocycles. The van der Waals surface area contributed by atoms with Crippen molar-refractivity contribution in [1.82, 2.24) is 10.2 Å². The van der Waals surface area contributed by atoms with E-state index < -0.39 is 22.0 Å². The van der Waals surface area contributed by atoms with Gasteiger partial charge in [0.05, 0.1) is 11.5 Å². The van der Waals surface area contributed by atoms with Crippen LogP contribution < -0.4 is 15.5 Å². The molecular weight excluding hydrogens is 474 g/mol. The topological polar surface area (TPSA) is 151 Å². The lowest BCUT2D eigenvalue weighted by molar-refractivity contribution is -0.139. The Kier molecular flexibility index (Phi) is 11.3. The first kappa shape index (κ1) is 28.0. The quantitative estimate of drug-likeness (QED) is 0.214. The van der Waals surface area contributed by atoms with Gasteiger partial charge in [0.2, 0.25) is 21.8 Å². The number of carboxylic acid groups (broad SMARTS) is 1.